The molecule has 0 bridgehead atoms. The zero-order valence-corrected chi connectivity index (χ0v) is 19.9. The first-order chi connectivity index (χ1) is 16.4. The van der Waals surface area contributed by atoms with Crippen molar-refractivity contribution in [2.24, 2.45) is 5.92 Å². The van der Waals surface area contributed by atoms with E-state index in [9.17, 15) is 14.7 Å². The lowest BCUT2D eigenvalue weighted by Gasteiger charge is -2.41. The van der Waals surface area contributed by atoms with Gasteiger partial charge in [-0.3, -0.25) is 4.79 Å². The van der Waals surface area contributed by atoms with Crippen molar-refractivity contribution in [1.29, 1.82) is 0 Å². The average molecular weight is 468 g/mol. The third-order valence-corrected chi connectivity index (χ3v) is 7.34. The zero-order valence-electron chi connectivity index (χ0n) is 19.9. The fraction of sp³-hybridized carbons (Fsp3) is 0.538. The monoisotopic (exact) mass is 467 g/mol. The number of amides is 1. The lowest BCUT2D eigenvalue weighted by Crippen LogP contribution is -2.55. The Balaban J connectivity index is 1.36. The van der Waals surface area contributed by atoms with E-state index in [0.29, 0.717) is 48.3 Å². The Morgan fingerprint density at radius 2 is 1.76 bits per heavy atom. The lowest BCUT2D eigenvalue weighted by molar-refractivity contribution is -0.907. The molecule has 0 spiro atoms. The highest BCUT2D eigenvalue weighted by atomic mass is 16.6. The van der Waals surface area contributed by atoms with Crippen LogP contribution in [0.15, 0.2) is 48.7 Å². The van der Waals surface area contributed by atoms with E-state index in [0.717, 1.165) is 32.1 Å². The summed E-state index contributed by atoms with van der Waals surface area (Å²) in [7, 11) is 2.04. The molecule has 1 aromatic carbocycles. The Labute approximate surface area is 200 Å². The van der Waals surface area contributed by atoms with Crippen molar-refractivity contribution in [3.05, 3.63) is 54.2 Å². The number of carbonyl (C=O) groups is 2. The van der Waals surface area contributed by atoms with Crippen molar-refractivity contribution in [3.63, 3.8) is 0 Å². The molecule has 1 aliphatic heterocycles. The van der Waals surface area contributed by atoms with E-state index in [2.05, 4.69) is 15.5 Å². The van der Waals surface area contributed by atoms with Gasteiger partial charge in [0.25, 0.3) is 5.91 Å². The molecule has 0 radical (unpaired) electrons. The van der Waals surface area contributed by atoms with Gasteiger partial charge in [-0.2, -0.15) is 5.10 Å². The van der Waals surface area contributed by atoms with Crippen molar-refractivity contribution < 1.29 is 23.9 Å². The number of carbonyl (C=O) groups excluding carboxylic acids is 2. The molecule has 1 saturated heterocycles. The van der Waals surface area contributed by atoms with Crippen molar-refractivity contribution >= 4 is 17.7 Å². The summed E-state index contributed by atoms with van der Waals surface area (Å²) in [4.78, 5) is 25.9. The number of nitrogens with one attached hydrogen (secondary N) is 1. The average Bonchev–Trinajstić information content (AvgIpc) is 2.86. The minimum Gasteiger partial charge on any atom is -0.460 e. The molecular weight excluding hydrogens is 432 g/mol. The van der Waals surface area contributed by atoms with Crippen LogP contribution in [-0.2, 0) is 19.9 Å². The summed E-state index contributed by atoms with van der Waals surface area (Å²) in [5.74, 6) is -0.349. The minimum atomic E-state index is -1.62. The summed E-state index contributed by atoms with van der Waals surface area (Å²) in [6, 6.07) is 12.7. The molecule has 2 aromatic rings. The second-order valence-electron chi connectivity index (χ2n) is 9.95. The van der Waals surface area contributed by atoms with Gasteiger partial charge in [0.15, 0.2) is 18.0 Å². The predicted molar refractivity (Wildman–Crippen MR) is 127 cm³/mol. The maximum absolute atomic E-state index is 13.4. The molecule has 34 heavy (non-hydrogen) atoms. The molecule has 2 heterocycles. The second kappa shape index (κ2) is 10.6. The number of aliphatic hydroxyl groups is 1. The number of rotatable bonds is 7. The first-order valence-corrected chi connectivity index (χ1v) is 12.3. The standard InChI is InChI=1S/C26H34N4O4/c1-30(19-24(31)28-23-13-8-16-27-29-23)17-14-22(15-18-30)34-25(32)26(33,20-9-4-2-5-10-20)21-11-6-3-7-12-21/h2,4-5,8-10,13,16,21-22,33H,3,6-7,11-12,14-15,17-19H2,1H3/p+1. The number of anilines is 1. The van der Waals surface area contributed by atoms with Gasteiger partial charge >= 0.3 is 5.97 Å². The van der Waals surface area contributed by atoms with Crippen LogP contribution in [0.1, 0.15) is 50.5 Å². The number of hydrogen-bond acceptors (Lipinski definition) is 6. The number of hydrogen-bond donors (Lipinski definition) is 2. The summed E-state index contributed by atoms with van der Waals surface area (Å²) in [5.41, 5.74) is -1.00. The van der Waals surface area contributed by atoms with Crippen molar-refractivity contribution in [3.8, 4) is 0 Å². The van der Waals surface area contributed by atoms with Gasteiger partial charge in [0, 0.05) is 25.0 Å². The van der Waals surface area contributed by atoms with Crippen LogP contribution < -0.4 is 5.32 Å². The Hall–Kier alpha value is -2.84. The summed E-state index contributed by atoms with van der Waals surface area (Å²) in [6.45, 7) is 1.73. The molecule has 4 rings (SSSR count). The normalized spacial score (nSPS) is 25.2. The molecule has 1 amide bonds. The Morgan fingerprint density at radius 1 is 1.06 bits per heavy atom. The lowest BCUT2D eigenvalue weighted by atomic mass is 9.73. The molecule has 8 heteroatoms. The van der Waals surface area contributed by atoms with Gasteiger partial charge in [-0.25, -0.2) is 4.79 Å². The van der Waals surface area contributed by atoms with E-state index < -0.39 is 11.6 Å². The number of piperidine rings is 1. The maximum Gasteiger partial charge on any atom is 0.343 e. The fourth-order valence-corrected chi connectivity index (χ4v) is 5.31. The van der Waals surface area contributed by atoms with Crippen LogP contribution in [0.3, 0.4) is 0 Å². The van der Waals surface area contributed by atoms with Crippen LogP contribution in [0.4, 0.5) is 5.82 Å². The van der Waals surface area contributed by atoms with Crippen LogP contribution in [0.2, 0.25) is 0 Å². The molecule has 1 atom stereocenters. The number of quaternary nitrogens is 1. The summed E-state index contributed by atoms with van der Waals surface area (Å²) < 4.78 is 6.50. The van der Waals surface area contributed by atoms with E-state index in [4.69, 9.17) is 4.74 Å². The maximum atomic E-state index is 13.4. The minimum absolute atomic E-state index is 0.116. The molecule has 1 aliphatic carbocycles. The van der Waals surface area contributed by atoms with Crippen LogP contribution in [0.5, 0.6) is 0 Å². The van der Waals surface area contributed by atoms with E-state index in [1.165, 1.54) is 0 Å². The highest BCUT2D eigenvalue weighted by Gasteiger charge is 2.48. The topological polar surface area (TPSA) is 101 Å². The van der Waals surface area contributed by atoms with E-state index >= 15 is 0 Å². The third kappa shape index (κ3) is 5.62. The molecule has 2 N–H and O–H groups in total. The number of esters is 1. The van der Waals surface area contributed by atoms with Crippen molar-refractivity contribution in [2.45, 2.75) is 56.7 Å². The predicted octanol–water partition coefficient (Wildman–Crippen LogP) is 3.04. The molecule has 1 aromatic heterocycles. The van der Waals surface area contributed by atoms with E-state index in [1.54, 1.807) is 18.3 Å². The van der Waals surface area contributed by atoms with Gasteiger partial charge < -0.3 is 19.6 Å². The first kappa shape index (κ1) is 24.3. The molecule has 1 unspecified atom stereocenters. The van der Waals surface area contributed by atoms with Gasteiger partial charge in [0.2, 0.25) is 0 Å². The fourth-order valence-electron chi connectivity index (χ4n) is 5.31. The molecule has 8 nitrogen and oxygen atoms in total. The van der Waals surface area contributed by atoms with E-state index in [1.807, 2.05) is 37.4 Å². The smallest absolute Gasteiger partial charge is 0.343 e. The summed E-state index contributed by atoms with van der Waals surface area (Å²) >= 11 is 0. The Morgan fingerprint density at radius 3 is 2.41 bits per heavy atom. The van der Waals surface area contributed by atoms with Crippen LogP contribution in [-0.4, -0.2) is 64.4 Å². The number of likely N-dealkylation sites (N-methyl/N-ethyl adjacent to an activating group) is 1. The number of ether oxygens (including phenoxy) is 1. The number of aromatic nitrogens is 2. The number of benzene rings is 1. The number of nitrogens with zero attached hydrogens (tertiary/aromatic N) is 3. The van der Waals surface area contributed by atoms with Gasteiger partial charge in [-0.1, -0.05) is 49.6 Å². The zero-order chi connectivity index (χ0) is 24.0. The van der Waals surface area contributed by atoms with Crippen LogP contribution in [0, 0.1) is 5.92 Å². The molecule has 2 aliphatic rings. The second-order valence-corrected chi connectivity index (χ2v) is 9.95. The Kier molecular flexibility index (Phi) is 7.58. The summed E-state index contributed by atoms with van der Waals surface area (Å²) in [6.07, 6.45) is 7.41. The summed E-state index contributed by atoms with van der Waals surface area (Å²) in [5, 5.41) is 22.2. The van der Waals surface area contributed by atoms with Gasteiger partial charge in [0.05, 0.1) is 20.1 Å². The quantitative estimate of drug-likeness (QED) is 0.479. The molecular formula is C26H35N4O4+. The van der Waals surface area contributed by atoms with Gasteiger partial charge in [-0.15, -0.1) is 5.10 Å². The third-order valence-electron chi connectivity index (χ3n) is 7.34. The van der Waals surface area contributed by atoms with Crippen LogP contribution in [0.25, 0.3) is 0 Å². The SMILES string of the molecule is C[N+]1(CC(=O)Nc2cccnn2)CCC(OC(=O)C(O)(c2ccccc2)C2CCCCC2)CC1. The number of likely N-dealkylation sites (tertiary alicyclic amines) is 1. The highest BCUT2D eigenvalue weighted by Crippen LogP contribution is 2.41. The highest BCUT2D eigenvalue weighted by molar-refractivity contribution is 5.90. The van der Waals surface area contributed by atoms with E-state index in [-0.39, 0.29) is 17.9 Å². The first-order valence-electron chi connectivity index (χ1n) is 12.3. The van der Waals surface area contributed by atoms with Gasteiger partial charge in [0.1, 0.15) is 6.10 Å². The Bertz CT molecular complexity index is 957. The van der Waals surface area contributed by atoms with Crippen LogP contribution >= 0.6 is 0 Å². The van der Waals surface area contributed by atoms with Crippen molar-refractivity contribution in [2.75, 3.05) is 32.0 Å². The molecule has 1 saturated carbocycles. The van der Waals surface area contributed by atoms with Crippen molar-refractivity contribution in [1.82, 2.24) is 10.2 Å². The largest absolute Gasteiger partial charge is 0.460 e. The van der Waals surface area contributed by atoms with Gasteiger partial charge in [-0.05, 0) is 30.5 Å². The molecule has 182 valence electrons. The molecule has 2 fully saturated rings.